The van der Waals surface area contributed by atoms with Gasteiger partial charge in [0.2, 0.25) is 5.91 Å². The fraction of sp³-hybridized carbons (Fsp3) is 0.462. The second kappa shape index (κ2) is 5.66. The highest BCUT2D eigenvalue weighted by molar-refractivity contribution is 5.76. The van der Waals surface area contributed by atoms with Gasteiger partial charge in [-0.2, -0.15) is 0 Å². The van der Waals surface area contributed by atoms with Gasteiger partial charge in [0.15, 0.2) is 0 Å². The average molecular weight is 219 g/mol. The van der Waals surface area contributed by atoms with Crippen molar-refractivity contribution in [3.63, 3.8) is 0 Å². The number of nitrogens with one attached hydrogen (secondary N) is 1. The van der Waals surface area contributed by atoms with E-state index in [4.69, 9.17) is 4.74 Å². The van der Waals surface area contributed by atoms with Crippen LogP contribution in [0, 0.1) is 5.92 Å². The van der Waals surface area contributed by atoms with Crippen molar-refractivity contribution in [1.29, 1.82) is 0 Å². The molecule has 1 atom stereocenters. The number of ether oxygens (including phenoxy) is 1. The molecule has 1 aliphatic rings. The number of rotatable bonds is 4. The van der Waals surface area contributed by atoms with Crippen molar-refractivity contribution < 1.29 is 9.53 Å². The van der Waals surface area contributed by atoms with Gasteiger partial charge in [-0.15, -0.1) is 0 Å². The van der Waals surface area contributed by atoms with Crippen LogP contribution in [0.3, 0.4) is 0 Å². The molecular weight excluding hydrogens is 202 g/mol. The van der Waals surface area contributed by atoms with E-state index in [1.165, 1.54) is 0 Å². The first-order chi connectivity index (χ1) is 7.84. The minimum Gasteiger partial charge on any atom is -0.381 e. The van der Waals surface area contributed by atoms with Crippen molar-refractivity contribution in [1.82, 2.24) is 5.32 Å². The van der Waals surface area contributed by atoms with E-state index < -0.39 is 0 Å². The highest BCUT2D eigenvalue weighted by Crippen LogP contribution is 2.15. The van der Waals surface area contributed by atoms with Gasteiger partial charge < -0.3 is 10.1 Å². The third-order valence-corrected chi connectivity index (χ3v) is 2.83. The van der Waals surface area contributed by atoms with Gasteiger partial charge in [0.25, 0.3) is 0 Å². The van der Waals surface area contributed by atoms with E-state index >= 15 is 0 Å². The quantitative estimate of drug-likeness (QED) is 0.837. The van der Waals surface area contributed by atoms with E-state index in [2.05, 4.69) is 5.32 Å². The van der Waals surface area contributed by atoms with E-state index in [-0.39, 0.29) is 5.91 Å². The molecule has 3 nitrogen and oxygen atoms in total. The SMILES string of the molecule is O=C(CC1CCOC1)NCc1ccccc1. The second-order valence-electron chi connectivity index (χ2n) is 4.20. The van der Waals surface area contributed by atoms with Crippen LogP contribution in [0.1, 0.15) is 18.4 Å². The van der Waals surface area contributed by atoms with Crippen LogP contribution in [0.15, 0.2) is 30.3 Å². The van der Waals surface area contributed by atoms with Crippen LogP contribution in [0.2, 0.25) is 0 Å². The van der Waals surface area contributed by atoms with Gasteiger partial charge in [-0.05, 0) is 17.9 Å². The molecule has 16 heavy (non-hydrogen) atoms. The molecule has 3 heteroatoms. The van der Waals surface area contributed by atoms with E-state index in [0.29, 0.717) is 18.9 Å². The molecular formula is C13H17NO2. The summed E-state index contributed by atoms with van der Waals surface area (Å²) >= 11 is 0. The first-order valence-electron chi connectivity index (χ1n) is 5.73. The predicted molar refractivity (Wildman–Crippen MR) is 61.8 cm³/mol. The Bertz CT molecular complexity index is 331. The number of carbonyl (C=O) groups excluding carboxylic acids is 1. The minimum absolute atomic E-state index is 0.124. The van der Waals surface area contributed by atoms with E-state index in [9.17, 15) is 4.79 Å². The number of amides is 1. The first-order valence-corrected chi connectivity index (χ1v) is 5.73. The maximum absolute atomic E-state index is 11.6. The molecule has 0 saturated carbocycles. The minimum atomic E-state index is 0.124. The third kappa shape index (κ3) is 3.35. The molecule has 1 aliphatic heterocycles. The van der Waals surface area contributed by atoms with Crippen LogP contribution in [-0.4, -0.2) is 19.1 Å². The van der Waals surface area contributed by atoms with E-state index in [1.807, 2.05) is 30.3 Å². The first kappa shape index (κ1) is 11.1. The standard InChI is InChI=1S/C13H17NO2/c15-13(8-12-6-7-16-10-12)14-9-11-4-2-1-3-5-11/h1-5,12H,6-10H2,(H,14,15). The molecule has 0 aliphatic carbocycles. The predicted octanol–water partition coefficient (Wildman–Crippen LogP) is 1.73. The average Bonchev–Trinajstić information content (AvgIpc) is 2.81. The van der Waals surface area contributed by atoms with Crippen LogP contribution in [0.25, 0.3) is 0 Å². The molecule has 86 valence electrons. The number of hydrogen-bond donors (Lipinski definition) is 1. The van der Waals surface area contributed by atoms with Crippen LogP contribution in [0.4, 0.5) is 0 Å². The highest BCUT2D eigenvalue weighted by atomic mass is 16.5. The van der Waals surface area contributed by atoms with Crippen molar-refractivity contribution in [2.24, 2.45) is 5.92 Å². The molecule has 1 unspecified atom stereocenters. The van der Waals surface area contributed by atoms with Gasteiger partial charge in [0, 0.05) is 26.2 Å². The second-order valence-corrected chi connectivity index (χ2v) is 4.20. The summed E-state index contributed by atoms with van der Waals surface area (Å²) < 4.78 is 5.24. The summed E-state index contributed by atoms with van der Waals surface area (Å²) in [5.41, 5.74) is 1.14. The smallest absolute Gasteiger partial charge is 0.220 e. The Morgan fingerprint density at radius 1 is 1.38 bits per heavy atom. The summed E-state index contributed by atoms with van der Waals surface area (Å²) in [6.45, 7) is 2.16. The third-order valence-electron chi connectivity index (χ3n) is 2.83. The Morgan fingerprint density at radius 2 is 2.19 bits per heavy atom. The summed E-state index contributed by atoms with van der Waals surface area (Å²) in [5.74, 6) is 0.537. The molecule has 1 amide bonds. The van der Waals surface area contributed by atoms with Gasteiger partial charge in [0.1, 0.15) is 0 Å². The summed E-state index contributed by atoms with van der Waals surface area (Å²) in [5, 5.41) is 2.93. The Balaban J connectivity index is 1.71. The molecule has 1 aromatic rings. The lowest BCUT2D eigenvalue weighted by Crippen LogP contribution is -2.25. The molecule has 1 fully saturated rings. The van der Waals surface area contributed by atoms with E-state index in [0.717, 1.165) is 25.2 Å². The molecule has 1 aromatic carbocycles. The summed E-state index contributed by atoms with van der Waals surface area (Å²) in [4.78, 5) is 11.6. The van der Waals surface area contributed by atoms with Crippen molar-refractivity contribution >= 4 is 5.91 Å². The highest BCUT2D eigenvalue weighted by Gasteiger charge is 2.18. The Morgan fingerprint density at radius 3 is 2.88 bits per heavy atom. The maximum Gasteiger partial charge on any atom is 0.220 e. The Kier molecular flexibility index (Phi) is 3.94. The van der Waals surface area contributed by atoms with Crippen LogP contribution < -0.4 is 5.32 Å². The topological polar surface area (TPSA) is 38.3 Å². The van der Waals surface area contributed by atoms with Gasteiger partial charge in [-0.3, -0.25) is 4.79 Å². The van der Waals surface area contributed by atoms with Gasteiger partial charge in [-0.1, -0.05) is 30.3 Å². The molecule has 0 spiro atoms. The van der Waals surface area contributed by atoms with E-state index in [1.54, 1.807) is 0 Å². The zero-order valence-corrected chi connectivity index (χ0v) is 9.32. The molecule has 0 bridgehead atoms. The molecule has 2 rings (SSSR count). The summed E-state index contributed by atoms with van der Waals surface area (Å²) in [7, 11) is 0. The van der Waals surface area contributed by atoms with Gasteiger partial charge >= 0.3 is 0 Å². The fourth-order valence-electron chi connectivity index (χ4n) is 1.88. The summed E-state index contributed by atoms with van der Waals surface area (Å²) in [6.07, 6.45) is 1.60. The Hall–Kier alpha value is -1.35. The van der Waals surface area contributed by atoms with Crippen molar-refractivity contribution in [3.8, 4) is 0 Å². The zero-order valence-electron chi connectivity index (χ0n) is 9.32. The number of benzene rings is 1. The maximum atomic E-state index is 11.6. The molecule has 1 saturated heterocycles. The lowest BCUT2D eigenvalue weighted by Gasteiger charge is -2.08. The van der Waals surface area contributed by atoms with Crippen molar-refractivity contribution in [3.05, 3.63) is 35.9 Å². The van der Waals surface area contributed by atoms with Crippen LogP contribution in [-0.2, 0) is 16.1 Å². The normalized spacial score (nSPS) is 19.6. The molecule has 1 N–H and O–H groups in total. The zero-order chi connectivity index (χ0) is 11.2. The van der Waals surface area contributed by atoms with Crippen molar-refractivity contribution in [2.75, 3.05) is 13.2 Å². The van der Waals surface area contributed by atoms with Crippen molar-refractivity contribution in [2.45, 2.75) is 19.4 Å². The largest absolute Gasteiger partial charge is 0.381 e. The summed E-state index contributed by atoms with van der Waals surface area (Å²) in [6, 6.07) is 9.96. The monoisotopic (exact) mass is 219 g/mol. The van der Waals surface area contributed by atoms with Gasteiger partial charge in [-0.25, -0.2) is 0 Å². The van der Waals surface area contributed by atoms with Crippen LogP contribution >= 0.6 is 0 Å². The lowest BCUT2D eigenvalue weighted by atomic mass is 10.0. The Labute approximate surface area is 95.8 Å². The molecule has 0 radical (unpaired) electrons. The fourth-order valence-corrected chi connectivity index (χ4v) is 1.88. The van der Waals surface area contributed by atoms with Crippen LogP contribution in [0.5, 0.6) is 0 Å². The van der Waals surface area contributed by atoms with Gasteiger partial charge in [0.05, 0.1) is 0 Å². The molecule has 1 heterocycles. The number of hydrogen-bond acceptors (Lipinski definition) is 2. The lowest BCUT2D eigenvalue weighted by molar-refractivity contribution is -0.122. The number of carbonyl (C=O) groups is 1. The molecule has 0 aromatic heterocycles.